The zero-order valence-corrected chi connectivity index (χ0v) is 11.7. The molecular formula is C12H15FN2O4S. The normalized spacial score (nSPS) is 20.0. The van der Waals surface area contributed by atoms with E-state index in [-0.39, 0.29) is 17.1 Å². The number of nitrogen functional groups attached to an aromatic ring is 1. The Kier molecular flexibility index (Phi) is 3.96. The molecule has 110 valence electrons. The van der Waals surface area contributed by atoms with Gasteiger partial charge in [0.2, 0.25) is 10.0 Å². The monoisotopic (exact) mass is 302 g/mol. The van der Waals surface area contributed by atoms with E-state index >= 15 is 0 Å². The predicted octanol–water partition coefficient (Wildman–Crippen LogP) is 0.734. The minimum atomic E-state index is -3.95. The highest BCUT2D eigenvalue weighted by molar-refractivity contribution is 7.89. The first-order chi connectivity index (χ1) is 9.37. The van der Waals surface area contributed by atoms with Crippen LogP contribution in [0.25, 0.3) is 0 Å². The molecule has 1 saturated heterocycles. The van der Waals surface area contributed by atoms with Crippen molar-refractivity contribution >= 4 is 21.7 Å². The summed E-state index contributed by atoms with van der Waals surface area (Å²) in [5.74, 6) is -1.22. The topological polar surface area (TPSA) is 89.7 Å². The first-order valence-electron chi connectivity index (χ1n) is 6.02. The number of nitrogens with zero attached hydrogens (tertiary/aromatic N) is 1. The summed E-state index contributed by atoms with van der Waals surface area (Å²) in [7, 11) is -2.74. The van der Waals surface area contributed by atoms with Crippen LogP contribution in [0.5, 0.6) is 0 Å². The Hall–Kier alpha value is -1.67. The average Bonchev–Trinajstić information content (AvgIpc) is 2.87. The van der Waals surface area contributed by atoms with Crippen LogP contribution in [-0.2, 0) is 19.6 Å². The molecule has 0 spiro atoms. The molecule has 2 rings (SSSR count). The Balaban J connectivity index is 2.41. The van der Waals surface area contributed by atoms with E-state index < -0.39 is 27.9 Å². The molecule has 6 nitrogen and oxygen atoms in total. The number of rotatable bonds is 3. The third-order valence-corrected chi connectivity index (χ3v) is 5.22. The number of benzene rings is 1. The molecule has 0 bridgehead atoms. The number of sulfonamides is 1. The van der Waals surface area contributed by atoms with Crippen molar-refractivity contribution < 1.29 is 22.3 Å². The molecule has 1 fully saturated rings. The summed E-state index contributed by atoms with van der Waals surface area (Å²) < 4.78 is 43.7. The van der Waals surface area contributed by atoms with Gasteiger partial charge in [0.15, 0.2) is 0 Å². The number of carbonyl (C=O) groups excluding carboxylic acids is 1. The van der Waals surface area contributed by atoms with Gasteiger partial charge in [-0.2, -0.15) is 4.31 Å². The van der Waals surface area contributed by atoms with E-state index in [4.69, 9.17) is 5.73 Å². The van der Waals surface area contributed by atoms with E-state index in [2.05, 4.69) is 4.74 Å². The van der Waals surface area contributed by atoms with Crippen molar-refractivity contribution in [1.82, 2.24) is 4.31 Å². The fourth-order valence-corrected chi connectivity index (χ4v) is 4.03. The number of ether oxygens (including phenoxy) is 1. The van der Waals surface area contributed by atoms with E-state index in [0.717, 1.165) is 22.5 Å². The van der Waals surface area contributed by atoms with Gasteiger partial charge in [-0.3, -0.25) is 4.79 Å². The van der Waals surface area contributed by atoms with Gasteiger partial charge < -0.3 is 10.5 Å². The first-order valence-corrected chi connectivity index (χ1v) is 7.46. The maximum absolute atomic E-state index is 13.0. The lowest BCUT2D eigenvalue weighted by Crippen LogP contribution is -2.41. The average molecular weight is 302 g/mol. The van der Waals surface area contributed by atoms with Gasteiger partial charge in [-0.05, 0) is 31.0 Å². The second-order valence-electron chi connectivity index (χ2n) is 4.48. The Morgan fingerprint density at radius 2 is 2.20 bits per heavy atom. The maximum atomic E-state index is 13.0. The van der Waals surface area contributed by atoms with Crippen LogP contribution >= 0.6 is 0 Å². The number of halogens is 1. The van der Waals surface area contributed by atoms with Crippen LogP contribution in [0.1, 0.15) is 12.8 Å². The summed E-state index contributed by atoms with van der Waals surface area (Å²) in [6, 6.07) is 2.21. The molecule has 1 aliphatic rings. The van der Waals surface area contributed by atoms with Crippen molar-refractivity contribution in [1.29, 1.82) is 0 Å². The molecule has 1 aliphatic heterocycles. The van der Waals surface area contributed by atoms with Crippen LogP contribution in [0.3, 0.4) is 0 Å². The fraction of sp³-hybridized carbons (Fsp3) is 0.417. The maximum Gasteiger partial charge on any atom is 0.324 e. The standard InChI is InChI=1S/C12H15FN2O4S/c1-19-12(16)10-3-2-6-15(10)20(17,18)11-5-4-8(13)7-9(11)14/h4-5,7,10H,2-3,6,14H2,1H3. The van der Waals surface area contributed by atoms with E-state index in [1.54, 1.807) is 0 Å². The van der Waals surface area contributed by atoms with Crippen LogP contribution in [0.4, 0.5) is 10.1 Å². The van der Waals surface area contributed by atoms with Gasteiger partial charge in [0.25, 0.3) is 0 Å². The van der Waals surface area contributed by atoms with Crippen LogP contribution in [0.2, 0.25) is 0 Å². The quantitative estimate of drug-likeness (QED) is 0.657. The summed E-state index contributed by atoms with van der Waals surface area (Å²) >= 11 is 0. The van der Waals surface area contributed by atoms with Gasteiger partial charge in [0.05, 0.1) is 12.8 Å². The summed E-state index contributed by atoms with van der Waals surface area (Å²) in [6.45, 7) is 0.207. The molecule has 20 heavy (non-hydrogen) atoms. The zero-order valence-electron chi connectivity index (χ0n) is 10.9. The summed E-state index contributed by atoms with van der Waals surface area (Å²) in [5.41, 5.74) is 5.39. The molecule has 0 aliphatic carbocycles. The van der Waals surface area contributed by atoms with Crippen LogP contribution in [-0.4, -0.2) is 38.4 Å². The lowest BCUT2D eigenvalue weighted by molar-refractivity contribution is -0.144. The molecule has 2 N–H and O–H groups in total. The van der Waals surface area contributed by atoms with Gasteiger partial charge in [0, 0.05) is 6.54 Å². The van der Waals surface area contributed by atoms with E-state index in [1.165, 1.54) is 7.11 Å². The number of methoxy groups -OCH3 is 1. The van der Waals surface area contributed by atoms with Gasteiger partial charge >= 0.3 is 5.97 Å². The van der Waals surface area contributed by atoms with Gasteiger partial charge in [-0.25, -0.2) is 12.8 Å². The molecule has 0 saturated carbocycles. The SMILES string of the molecule is COC(=O)C1CCCN1S(=O)(=O)c1ccc(F)cc1N. The number of hydrogen-bond donors (Lipinski definition) is 1. The highest BCUT2D eigenvalue weighted by Gasteiger charge is 2.40. The molecule has 8 heteroatoms. The fourth-order valence-electron chi connectivity index (χ4n) is 2.28. The molecule has 0 amide bonds. The van der Waals surface area contributed by atoms with E-state index in [9.17, 15) is 17.6 Å². The van der Waals surface area contributed by atoms with Crippen LogP contribution < -0.4 is 5.73 Å². The predicted molar refractivity (Wildman–Crippen MR) is 69.7 cm³/mol. The smallest absolute Gasteiger partial charge is 0.324 e. The number of hydrogen-bond acceptors (Lipinski definition) is 5. The van der Waals surface area contributed by atoms with Gasteiger partial charge in [-0.1, -0.05) is 0 Å². The minimum Gasteiger partial charge on any atom is -0.468 e. The Morgan fingerprint density at radius 1 is 1.50 bits per heavy atom. The van der Waals surface area contributed by atoms with Crippen molar-refractivity contribution in [2.24, 2.45) is 0 Å². The molecule has 1 aromatic rings. The Bertz CT molecular complexity index is 632. The summed E-state index contributed by atoms with van der Waals surface area (Å²) in [4.78, 5) is 11.4. The summed E-state index contributed by atoms with van der Waals surface area (Å²) in [5, 5.41) is 0. The molecule has 0 radical (unpaired) electrons. The largest absolute Gasteiger partial charge is 0.468 e. The van der Waals surface area contributed by atoms with E-state index in [0.29, 0.717) is 12.8 Å². The highest BCUT2D eigenvalue weighted by atomic mass is 32.2. The second kappa shape index (κ2) is 5.37. The molecule has 1 aromatic carbocycles. The molecule has 1 unspecified atom stereocenters. The van der Waals surface area contributed by atoms with Crippen LogP contribution in [0, 0.1) is 5.82 Å². The van der Waals surface area contributed by atoms with Crippen molar-refractivity contribution in [2.75, 3.05) is 19.4 Å². The molecule has 1 atom stereocenters. The Morgan fingerprint density at radius 3 is 2.80 bits per heavy atom. The number of esters is 1. The molecule has 0 aromatic heterocycles. The van der Waals surface area contributed by atoms with E-state index in [1.807, 2.05) is 0 Å². The van der Waals surface area contributed by atoms with Gasteiger partial charge in [-0.15, -0.1) is 0 Å². The highest BCUT2D eigenvalue weighted by Crippen LogP contribution is 2.29. The lowest BCUT2D eigenvalue weighted by Gasteiger charge is -2.22. The third kappa shape index (κ3) is 2.48. The van der Waals surface area contributed by atoms with Crippen molar-refractivity contribution in [3.8, 4) is 0 Å². The Labute approximate surface area is 116 Å². The number of nitrogens with two attached hydrogens (primary N) is 1. The first kappa shape index (κ1) is 14.7. The third-order valence-electron chi connectivity index (χ3n) is 3.24. The van der Waals surface area contributed by atoms with Gasteiger partial charge in [0.1, 0.15) is 16.8 Å². The number of carbonyl (C=O) groups is 1. The van der Waals surface area contributed by atoms with Crippen molar-refractivity contribution in [3.63, 3.8) is 0 Å². The lowest BCUT2D eigenvalue weighted by atomic mass is 10.2. The number of anilines is 1. The molecular weight excluding hydrogens is 287 g/mol. The summed E-state index contributed by atoms with van der Waals surface area (Å²) in [6.07, 6.45) is 0.951. The zero-order chi connectivity index (χ0) is 14.9. The minimum absolute atomic E-state index is 0.180. The van der Waals surface area contributed by atoms with Crippen molar-refractivity contribution in [2.45, 2.75) is 23.8 Å². The molecule has 1 heterocycles. The van der Waals surface area contributed by atoms with Crippen LogP contribution in [0.15, 0.2) is 23.1 Å². The second-order valence-corrected chi connectivity index (χ2v) is 6.34. The van der Waals surface area contributed by atoms with Crippen molar-refractivity contribution in [3.05, 3.63) is 24.0 Å².